The third kappa shape index (κ3) is 7.28. The first kappa shape index (κ1) is 29.0. The normalized spacial score (nSPS) is 19.6. The van der Waals surface area contributed by atoms with Crippen LogP contribution in [0.2, 0.25) is 0 Å². The Morgan fingerprint density at radius 3 is 2.46 bits per heavy atom. The van der Waals surface area contributed by atoms with E-state index in [1.807, 2.05) is 13.0 Å². The molecule has 1 aliphatic heterocycles. The van der Waals surface area contributed by atoms with Gasteiger partial charge in [0.05, 0.1) is 19.9 Å². The number of unbranched alkanes of at least 4 members (excludes halogenated alkanes) is 1. The van der Waals surface area contributed by atoms with Gasteiger partial charge in [0.1, 0.15) is 5.82 Å². The smallest absolute Gasteiger partial charge is 0.156 e. The fraction of sp³-hybridized carbons (Fsp3) is 0.594. The summed E-state index contributed by atoms with van der Waals surface area (Å²) in [6.45, 7) is 13.1. The van der Waals surface area contributed by atoms with Gasteiger partial charge in [0.15, 0.2) is 11.5 Å². The summed E-state index contributed by atoms with van der Waals surface area (Å²) in [5.74, 6) is 2.76. The van der Waals surface area contributed by atoms with E-state index >= 15 is 0 Å². The van der Waals surface area contributed by atoms with E-state index in [9.17, 15) is 0 Å². The van der Waals surface area contributed by atoms with Gasteiger partial charge in [-0.3, -0.25) is 4.90 Å². The number of ether oxygens (including phenoxy) is 2. The Hall–Kier alpha value is -2.53. The highest BCUT2D eigenvalue weighted by atomic mass is 16.5. The molecule has 2 aromatic rings. The predicted molar refractivity (Wildman–Crippen MR) is 155 cm³/mol. The molecule has 2 heterocycles. The predicted octanol–water partition coefficient (Wildman–Crippen LogP) is 7.61. The molecular weight excluding hydrogens is 458 g/mol. The fourth-order valence-corrected chi connectivity index (χ4v) is 5.80. The lowest BCUT2D eigenvalue weighted by molar-refractivity contribution is 0.145. The zero-order chi connectivity index (χ0) is 26.8. The van der Waals surface area contributed by atoms with Gasteiger partial charge in [-0.05, 0) is 71.1 Å². The zero-order valence-corrected chi connectivity index (χ0v) is 24.3. The second-order valence-corrected chi connectivity index (χ2v) is 10.4. The van der Waals surface area contributed by atoms with Gasteiger partial charge in [0, 0.05) is 42.9 Å². The molecule has 37 heavy (non-hydrogen) atoms. The molecule has 0 saturated carbocycles. The average molecular weight is 508 g/mol. The van der Waals surface area contributed by atoms with Crippen molar-refractivity contribution < 1.29 is 9.47 Å². The summed E-state index contributed by atoms with van der Waals surface area (Å²) in [7, 11) is 3.44. The molecule has 5 heteroatoms. The zero-order valence-electron chi connectivity index (χ0n) is 24.3. The summed E-state index contributed by atoms with van der Waals surface area (Å²) in [6.07, 6.45) is 13.6. The summed E-state index contributed by atoms with van der Waals surface area (Å²) in [4.78, 5) is 7.87. The van der Waals surface area contributed by atoms with Crippen LogP contribution in [0.15, 0.2) is 47.9 Å². The van der Waals surface area contributed by atoms with Gasteiger partial charge in [-0.25, -0.2) is 4.98 Å². The Morgan fingerprint density at radius 2 is 1.78 bits per heavy atom. The molecular formula is C32H49N3O2. The molecule has 0 spiro atoms. The highest BCUT2D eigenvalue weighted by molar-refractivity contribution is 5.61. The van der Waals surface area contributed by atoms with E-state index in [0.29, 0.717) is 12.1 Å². The van der Waals surface area contributed by atoms with Crippen molar-refractivity contribution in [1.82, 2.24) is 14.5 Å². The standard InChI is InChI=1S/C32H49N3O2/c1-8-10-22-35-29(26(5)33-32(35)28-18-14-11-15-24(28)3)21-23-34-25(4)16-12-13-17-27(34)19-20-31(37-7)30(9-2)36-6/h9,11,14-15,18,20,25,27H,8,10,12-13,16-17,19,21-23H2,1-7H3/b30-9+,31-20+. The Labute approximate surface area is 225 Å². The maximum atomic E-state index is 5.67. The largest absolute Gasteiger partial charge is 0.493 e. The van der Waals surface area contributed by atoms with Crippen LogP contribution in [0.3, 0.4) is 0 Å². The molecule has 0 radical (unpaired) electrons. The highest BCUT2D eigenvalue weighted by Gasteiger charge is 2.27. The molecule has 0 aliphatic carbocycles. The molecule has 1 saturated heterocycles. The summed E-state index contributed by atoms with van der Waals surface area (Å²) in [6, 6.07) is 9.72. The molecule has 0 amide bonds. The van der Waals surface area contributed by atoms with Crippen LogP contribution in [0.1, 0.15) is 82.7 Å². The molecule has 3 rings (SSSR count). The van der Waals surface area contributed by atoms with Crippen molar-refractivity contribution in [3.63, 3.8) is 0 Å². The van der Waals surface area contributed by atoms with Crippen molar-refractivity contribution in [2.45, 2.75) is 105 Å². The van der Waals surface area contributed by atoms with Crippen LogP contribution in [0.25, 0.3) is 11.4 Å². The minimum atomic E-state index is 0.501. The van der Waals surface area contributed by atoms with E-state index in [0.717, 1.165) is 43.3 Å². The Morgan fingerprint density at radius 1 is 1.05 bits per heavy atom. The van der Waals surface area contributed by atoms with Crippen LogP contribution in [-0.4, -0.2) is 47.3 Å². The van der Waals surface area contributed by atoms with Crippen molar-refractivity contribution in [3.05, 3.63) is 64.9 Å². The quantitative estimate of drug-likeness (QED) is 0.219. The Kier molecular flexibility index (Phi) is 11.3. The van der Waals surface area contributed by atoms with Crippen LogP contribution < -0.4 is 0 Å². The van der Waals surface area contributed by atoms with E-state index in [2.05, 4.69) is 67.5 Å². The topological polar surface area (TPSA) is 39.5 Å². The monoisotopic (exact) mass is 507 g/mol. The molecule has 1 aliphatic rings. The fourth-order valence-electron chi connectivity index (χ4n) is 5.80. The summed E-state index contributed by atoms with van der Waals surface area (Å²) in [5.41, 5.74) is 5.11. The number of imidazole rings is 1. The van der Waals surface area contributed by atoms with Crippen LogP contribution in [0.5, 0.6) is 0 Å². The average Bonchev–Trinajstić information content (AvgIpc) is 3.09. The maximum Gasteiger partial charge on any atom is 0.156 e. The number of hydrogen-bond donors (Lipinski definition) is 0. The van der Waals surface area contributed by atoms with Crippen molar-refractivity contribution in [2.75, 3.05) is 20.8 Å². The van der Waals surface area contributed by atoms with Gasteiger partial charge in [-0.2, -0.15) is 0 Å². The number of benzene rings is 1. The number of hydrogen-bond acceptors (Lipinski definition) is 4. The summed E-state index contributed by atoms with van der Waals surface area (Å²) in [5, 5.41) is 0. The summed E-state index contributed by atoms with van der Waals surface area (Å²) < 4.78 is 13.7. The highest BCUT2D eigenvalue weighted by Crippen LogP contribution is 2.29. The van der Waals surface area contributed by atoms with Crippen molar-refractivity contribution >= 4 is 0 Å². The van der Waals surface area contributed by atoms with Gasteiger partial charge in [-0.1, -0.05) is 50.5 Å². The Bertz CT molecular complexity index is 1050. The molecule has 0 N–H and O–H groups in total. The molecule has 5 nitrogen and oxygen atoms in total. The van der Waals surface area contributed by atoms with E-state index < -0.39 is 0 Å². The SMILES string of the molecule is C/C=C(OC)\C(=C/CC1CCCCC(C)N1CCc1c(C)nc(-c2ccccc2C)n1CCCC)OC. The lowest BCUT2D eigenvalue weighted by Gasteiger charge is -2.34. The maximum absolute atomic E-state index is 5.67. The Balaban J connectivity index is 1.87. The number of likely N-dealkylation sites (tertiary alicyclic amines) is 1. The molecule has 1 aromatic carbocycles. The third-order valence-electron chi connectivity index (χ3n) is 7.97. The lowest BCUT2D eigenvalue weighted by atomic mass is 10.0. The number of allylic oxidation sites excluding steroid dienone is 1. The lowest BCUT2D eigenvalue weighted by Crippen LogP contribution is -2.42. The minimum Gasteiger partial charge on any atom is -0.493 e. The van der Waals surface area contributed by atoms with Crippen molar-refractivity contribution in [1.29, 1.82) is 0 Å². The number of aromatic nitrogens is 2. The first-order chi connectivity index (χ1) is 17.9. The first-order valence-electron chi connectivity index (χ1n) is 14.3. The van der Waals surface area contributed by atoms with E-state index in [1.165, 1.54) is 61.0 Å². The number of rotatable bonds is 12. The van der Waals surface area contributed by atoms with E-state index in [-0.39, 0.29) is 0 Å². The molecule has 0 bridgehead atoms. The van der Waals surface area contributed by atoms with E-state index in [4.69, 9.17) is 14.5 Å². The number of methoxy groups -OCH3 is 2. The molecule has 204 valence electrons. The van der Waals surface area contributed by atoms with Gasteiger partial charge >= 0.3 is 0 Å². The van der Waals surface area contributed by atoms with Crippen LogP contribution in [-0.2, 0) is 22.4 Å². The summed E-state index contributed by atoms with van der Waals surface area (Å²) >= 11 is 0. The minimum absolute atomic E-state index is 0.501. The third-order valence-corrected chi connectivity index (χ3v) is 7.97. The molecule has 2 atom stereocenters. The molecule has 1 fully saturated rings. The molecule has 2 unspecified atom stereocenters. The van der Waals surface area contributed by atoms with Crippen molar-refractivity contribution in [2.24, 2.45) is 0 Å². The van der Waals surface area contributed by atoms with Gasteiger partial charge in [0.2, 0.25) is 0 Å². The molecule has 1 aromatic heterocycles. The second-order valence-electron chi connectivity index (χ2n) is 10.4. The van der Waals surface area contributed by atoms with Crippen LogP contribution in [0, 0.1) is 13.8 Å². The second kappa shape index (κ2) is 14.4. The van der Waals surface area contributed by atoms with Gasteiger partial charge < -0.3 is 14.0 Å². The first-order valence-corrected chi connectivity index (χ1v) is 14.3. The van der Waals surface area contributed by atoms with Crippen molar-refractivity contribution in [3.8, 4) is 11.4 Å². The van der Waals surface area contributed by atoms with Gasteiger partial charge in [-0.15, -0.1) is 0 Å². The number of aryl methyl sites for hydroxylation is 2. The van der Waals surface area contributed by atoms with Crippen LogP contribution in [0.4, 0.5) is 0 Å². The van der Waals surface area contributed by atoms with Crippen LogP contribution >= 0.6 is 0 Å². The van der Waals surface area contributed by atoms with E-state index in [1.54, 1.807) is 14.2 Å². The van der Waals surface area contributed by atoms with Gasteiger partial charge in [0.25, 0.3) is 0 Å². The number of nitrogens with zero attached hydrogens (tertiary/aromatic N) is 3.